The highest BCUT2D eigenvalue weighted by molar-refractivity contribution is 7.81. The predicted molar refractivity (Wildman–Crippen MR) is 88.3 cm³/mol. The average Bonchev–Trinajstić information content (AvgIpc) is 2.53. The van der Waals surface area contributed by atoms with Gasteiger partial charge in [-0.1, -0.05) is 12.1 Å². The van der Waals surface area contributed by atoms with E-state index in [2.05, 4.69) is 4.18 Å². The Morgan fingerprint density at radius 1 is 1.12 bits per heavy atom. The Morgan fingerprint density at radius 3 is 2.44 bits per heavy atom. The van der Waals surface area contributed by atoms with Crippen molar-refractivity contribution in [3.8, 4) is 23.0 Å². The van der Waals surface area contributed by atoms with Gasteiger partial charge in [0.15, 0.2) is 17.3 Å². The molecule has 8 nitrogen and oxygen atoms in total. The first-order valence-electron chi connectivity index (χ1n) is 6.79. The second-order valence-corrected chi connectivity index (χ2v) is 5.82. The van der Waals surface area contributed by atoms with E-state index in [0.717, 1.165) is 6.07 Å². The first-order chi connectivity index (χ1) is 11.7. The number of aromatic hydroxyl groups is 2. The van der Waals surface area contributed by atoms with E-state index in [9.17, 15) is 23.4 Å². The average molecular weight is 366 g/mol. The van der Waals surface area contributed by atoms with E-state index in [1.807, 2.05) is 0 Å². The van der Waals surface area contributed by atoms with Crippen molar-refractivity contribution in [2.75, 3.05) is 7.11 Å². The highest BCUT2D eigenvalue weighted by atomic mass is 32.3. The van der Waals surface area contributed by atoms with Crippen LogP contribution in [-0.2, 0) is 10.4 Å². The third kappa shape index (κ3) is 4.72. The molecule has 0 saturated heterocycles. The SMILES string of the molecule is COc1c(/C=C\C(=O)c2cccc(O)c2)ccc(O)c1OS(=O)(=O)O. The maximum atomic E-state index is 12.1. The zero-order chi connectivity index (χ0) is 18.6. The number of benzene rings is 2. The Labute approximate surface area is 143 Å². The van der Waals surface area contributed by atoms with E-state index < -0.39 is 27.7 Å². The summed E-state index contributed by atoms with van der Waals surface area (Å²) >= 11 is 0. The van der Waals surface area contributed by atoms with Crippen LogP contribution in [0.4, 0.5) is 0 Å². The monoisotopic (exact) mass is 366 g/mol. The third-order valence-corrected chi connectivity index (χ3v) is 3.44. The van der Waals surface area contributed by atoms with Crippen LogP contribution in [0.2, 0.25) is 0 Å². The first-order valence-corrected chi connectivity index (χ1v) is 8.16. The predicted octanol–water partition coefficient (Wildman–Crippen LogP) is 2.18. The normalized spacial score (nSPS) is 11.4. The number of allylic oxidation sites excluding steroid dienone is 1. The van der Waals surface area contributed by atoms with Crippen molar-refractivity contribution in [3.05, 3.63) is 53.6 Å². The lowest BCUT2D eigenvalue weighted by Gasteiger charge is -2.12. The van der Waals surface area contributed by atoms with Gasteiger partial charge in [0.1, 0.15) is 5.75 Å². The van der Waals surface area contributed by atoms with E-state index in [4.69, 9.17) is 9.29 Å². The van der Waals surface area contributed by atoms with Gasteiger partial charge in [0.2, 0.25) is 5.75 Å². The summed E-state index contributed by atoms with van der Waals surface area (Å²) in [5, 5.41) is 19.1. The van der Waals surface area contributed by atoms with Crippen molar-refractivity contribution in [1.29, 1.82) is 0 Å². The van der Waals surface area contributed by atoms with Gasteiger partial charge in [-0.15, -0.1) is 0 Å². The summed E-state index contributed by atoms with van der Waals surface area (Å²) in [5.74, 6) is -1.88. The summed E-state index contributed by atoms with van der Waals surface area (Å²) < 4.78 is 39.9. The van der Waals surface area contributed by atoms with E-state index in [1.54, 1.807) is 0 Å². The van der Waals surface area contributed by atoms with E-state index >= 15 is 0 Å². The van der Waals surface area contributed by atoms with Crippen molar-refractivity contribution in [1.82, 2.24) is 0 Å². The number of rotatable bonds is 6. The Kier molecular flexibility index (Phi) is 5.30. The Bertz CT molecular complexity index is 931. The Hall–Kier alpha value is -3.04. The molecule has 9 heteroatoms. The minimum atomic E-state index is -4.89. The van der Waals surface area contributed by atoms with Gasteiger partial charge in [-0.05, 0) is 36.4 Å². The van der Waals surface area contributed by atoms with Crippen molar-refractivity contribution in [2.45, 2.75) is 0 Å². The number of hydrogen-bond donors (Lipinski definition) is 3. The van der Waals surface area contributed by atoms with E-state index in [0.29, 0.717) is 0 Å². The fraction of sp³-hybridized carbons (Fsp3) is 0.0625. The van der Waals surface area contributed by atoms with Crippen LogP contribution in [0.3, 0.4) is 0 Å². The fourth-order valence-corrected chi connectivity index (χ4v) is 2.39. The lowest BCUT2D eigenvalue weighted by Crippen LogP contribution is -2.08. The molecule has 0 amide bonds. The van der Waals surface area contributed by atoms with Crippen LogP contribution in [0.1, 0.15) is 15.9 Å². The molecule has 0 unspecified atom stereocenters. The number of ketones is 1. The molecule has 0 fully saturated rings. The number of hydrogen-bond acceptors (Lipinski definition) is 7. The molecule has 0 heterocycles. The Morgan fingerprint density at radius 2 is 1.84 bits per heavy atom. The zero-order valence-corrected chi connectivity index (χ0v) is 13.7. The van der Waals surface area contributed by atoms with Crippen LogP contribution < -0.4 is 8.92 Å². The summed E-state index contributed by atoms with van der Waals surface area (Å²) in [7, 11) is -3.69. The lowest BCUT2D eigenvalue weighted by molar-refractivity contribution is 0.104. The van der Waals surface area contributed by atoms with Gasteiger partial charge < -0.3 is 19.1 Å². The molecule has 132 valence electrons. The van der Waals surface area contributed by atoms with E-state index in [1.165, 1.54) is 49.6 Å². The summed E-state index contributed by atoms with van der Waals surface area (Å²) in [4.78, 5) is 12.1. The molecule has 2 rings (SSSR count). The van der Waals surface area contributed by atoms with Gasteiger partial charge in [-0.25, -0.2) is 0 Å². The van der Waals surface area contributed by atoms with Crippen molar-refractivity contribution < 1.29 is 36.9 Å². The lowest BCUT2D eigenvalue weighted by atomic mass is 10.1. The molecule has 0 aromatic heterocycles. The molecular weight excluding hydrogens is 352 g/mol. The number of ether oxygens (including phenoxy) is 1. The molecule has 25 heavy (non-hydrogen) atoms. The number of phenolic OH excluding ortho intramolecular Hbond substituents is 2. The molecule has 0 radical (unpaired) electrons. The maximum absolute atomic E-state index is 12.1. The minimum Gasteiger partial charge on any atom is -0.508 e. The van der Waals surface area contributed by atoms with Gasteiger partial charge >= 0.3 is 10.4 Å². The molecule has 2 aromatic carbocycles. The molecule has 0 aliphatic carbocycles. The van der Waals surface area contributed by atoms with Crippen LogP contribution >= 0.6 is 0 Å². The summed E-state index contributed by atoms with van der Waals surface area (Å²) in [6, 6.07) is 8.19. The summed E-state index contributed by atoms with van der Waals surface area (Å²) in [5.41, 5.74) is 0.454. The summed E-state index contributed by atoms with van der Waals surface area (Å²) in [6.45, 7) is 0. The van der Waals surface area contributed by atoms with Gasteiger partial charge in [0, 0.05) is 11.1 Å². The van der Waals surface area contributed by atoms with Gasteiger partial charge in [-0.2, -0.15) is 8.42 Å². The third-order valence-electron chi connectivity index (χ3n) is 3.06. The number of carbonyl (C=O) groups excluding carboxylic acids is 1. The number of carbonyl (C=O) groups is 1. The topological polar surface area (TPSA) is 130 Å². The molecule has 3 N–H and O–H groups in total. The molecule has 0 saturated carbocycles. The van der Waals surface area contributed by atoms with Gasteiger partial charge in [-0.3, -0.25) is 9.35 Å². The standard InChI is InChI=1S/C16H14O8S/c1-23-15-10(6-8-14(19)16(15)24-25(20,21)22)5-7-13(18)11-3-2-4-12(17)9-11/h2-9,17,19H,1H3,(H,20,21,22)/b7-5-. The van der Waals surface area contributed by atoms with Crippen LogP contribution in [0.5, 0.6) is 23.0 Å². The van der Waals surface area contributed by atoms with E-state index in [-0.39, 0.29) is 22.6 Å². The number of methoxy groups -OCH3 is 1. The molecule has 0 spiro atoms. The van der Waals surface area contributed by atoms with Crippen LogP contribution in [-0.4, -0.2) is 36.1 Å². The minimum absolute atomic E-state index is 0.0645. The van der Waals surface area contributed by atoms with Crippen molar-refractivity contribution in [3.63, 3.8) is 0 Å². The molecule has 0 bridgehead atoms. The largest absolute Gasteiger partial charge is 0.508 e. The van der Waals surface area contributed by atoms with Gasteiger partial charge in [0.25, 0.3) is 0 Å². The molecule has 0 atom stereocenters. The first kappa shape index (κ1) is 18.3. The van der Waals surface area contributed by atoms with Crippen molar-refractivity contribution >= 4 is 22.3 Å². The fourth-order valence-electron chi connectivity index (χ4n) is 2.02. The van der Waals surface area contributed by atoms with Crippen LogP contribution in [0.25, 0.3) is 6.08 Å². The second-order valence-electron chi connectivity index (χ2n) is 4.80. The molecule has 0 aliphatic heterocycles. The molecule has 2 aromatic rings. The zero-order valence-electron chi connectivity index (χ0n) is 12.9. The molecular formula is C16H14O8S. The Balaban J connectivity index is 2.39. The second kappa shape index (κ2) is 7.24. The van der Waals surface area contributed by atoms with Gasteiger partial charge in [0.05, 0.1) is 7.11 Å². The number of phenols is 2. The van der Waals surface area contributed by atoms with Crippen molar-refractivity contribution in [2.24, 2.45) is 0 Å². The molecule has 0 aliphatic rings. The highest BCUT2D eigenvalue weighted by Gasteiger charge is 2.20. The highest BCUT2D eigenvalue weighted by Crippen LogP contribution is 2.40. The smallest absolute Gasteiger partial charge is 0.446 e. The van der Waals surface area contributed by atoms with Crippen LogP contribution in [0, 0.1) is 0 Å². The maximum Gasteiger partial charge on any atom is 0.446 e. The van der Waals surface area contributed by atoms with Crippen LogP contribution in [0.15, 0.2) is 42.5 Å². The quantitative estimate of drug-likeness (QED) is 0.403. The summed E-state index contributed by atoms with van der Waals surface area (Å²) in [6.07, 6.45) is 2.47.